The summed E-state index contributed by atoms with van der Waals surface area (Å²) >= 11 is 0. The minimum Gasteiger partial charge on any atom is -0.366 e. The fraction of sp³-hybridized carbons (Fsp3) is 0.250. The summed E-state index contributed by atoms with van der Waals surface area (Å²) in [6, 6.07) is 7.72. The number of carbonyl (C=O) groups is 1. The highest BCUT2D eigenvalue weighted by Crippen LogP contribution is 2.16. The molecule has 94 valence electrons. The van der Waals surface area contributed by atoms with E-state index in [0.717, 1.165) is 11.3 Å². The van der Waals surface area contributed by atoms with Gasteiger partial charge in [0.25, 0.3) is 5.91 Å². The van der Waals surface area contributed by atoms with E-state index in [2.05, 4.69) is 15.2 Å². The van der Waals surface area contributed by atoms with Crippen molar-refractivity contribution in [2.24, 2.45) is 0 Å². The number of amides is 1. The first-order valence-electron chi connectivity index (χ1n) is 5.68. The van der Waals surface area contributed by atoms with Gasteiger partial charge < -0.3 is 10.6 Å². The van der Waals surface area contributed by atoms with Crippen molar-refractivity contribution >= 4 is 17.5 Å². The molecule has 0 fully saturated rings. The highest BCUT2D eigenvalue weighted by Gasteiger charge is 2.19. The van der Waals surface area contributed by atoms with Crippen LogP contribution >= 0.6 is 0 Å². The van der Waals surface area contributed by atoms with E-state index in [4.69, 9.17) is 5.73 Å². The van der Waals surface area contributed by atoms with Gasteiger partial charge in [0.1, 0.15) is 0 Å². The topological polar surface area (TPSA) is 87.9 Å². The highest BCUT2D eigenvalue weighted by molar-refractivity contribution is 6.03. The van der Waals surface area contributed by atoms with E-state index >= 15 is 0 Å². The predicted octanol–water partition coefficient (Wildman–Crippen LogP) is 1.36. The molecule has 0 saturated carbocycles. The van der Waals surface area contributed by atoms with Crippen LogP contribution in [0.15, 0.2) is 24.3 Å². The number of nitrogens with zero attached hydrogens (tertiary/aromatic N) is 3. The van der Waals surface area contributed by atoms with E-state index in [-0.39, 0.29) is 17.7 Å². The van der Waals surface area contributed by atoms with Gasteiger partial charge in [-0.05, 0) is 26.0 Å². The van der Waals surface area contributed by atoms with Gasteiger partial charge in [0.15, 0.2) is 0 Å². The SMILES string of the molecule is CCN(C(=O)c1nc(N)n[nH]1)c1ccc(C)cc1. The maximum atomic E-state index is 12.2. The van der Waals surface area contributed by atoms with E-state index < -0.39 is 0 Å². The molecule has 6 nitrogen and oxygen atoms in total. The molecule has 1 heterocycles. The summed E-state index contributed by atoms with van der Waals surface area (Å²) in [7, 11) is 0. The Morgan fingerprint density at radius 1 is 1.39 bits per heavy atom. The standard InChI is InChI=1S/C12H15N5O/c1-3-17(9-6-4-8(2)5-7-9)11(18)10-14-12(13)16-15-10/h4-7H,3H2,1-2H3,(H3,13,14,15,16). The van der Waals surface area contributed by atoms with Crippen molar-refractivity contribution in [3.63, 3.8) is 0 Å². The average Bonchev–Trinajstić information content (AvgIpc) is 2.79. The van der Waals surface area contributed by atoms with Gasteiger partial charge >= 0.3 is 0 Å². The largest absolute Gasteiger partial charge is 0.366 e. The number of nitrogens with two attached hydrogens (primary N) is 1. The number of hydrogen-bond donors (Lipinski definition) is 2. The Balaban J connectivity index is 2.28. The minimum absolute atomic E-state index is 0.0679. The first-order chi connectivity index (χ1) is 8.61. The number of nitrogens with one attached hydrogen (secondary N) is 1. The molecular weight excluding hydrogens is 230 g/mol. The number of carbonyl (C=O) groups excluding carboxylic acids is 1. The second-order valence-electron chi connectivity index (χ2n) is 3.93. The third-order valence-corrected chi connectivity index (χ3v) is 2.61. The number of aryl methyl sites for hydroxylation is 1. The van der Waals surface area contributed by atoms with E-state index in [1.54, 1.807) is 4.90 Å². The van der Waals surface area contributed by atoms with E-state index in [9.17, 15) is 4.79 Å². The summed E-state index contributed by atoms with van der Waals surface area (Å²) in [6.45, 7) is 4.44. The lowest BCUT2D eigenvalue weighted by Gasteiger charge is -2.19. The Bertz CT molecular complexity index is 546. The molecule has 1 aromatic carbocycles. The van der Waals surface area contributed by atoms with Gasteiger partial charge in [0.05, 0.1) is 0 Å². The van der Waals surface area contributed by atoms with Crippen molar-refractivity contribution in [2.45, 2.75) is 13.8 Å². The summed E-state index contributed by atoms with van der Waals surface area (Å²) in [5.74, 6) is -0.0289. The Morgan fingerprint density at radius 2 is 2.06 bits per heavy atom. The van der Waals surface area contributed by atoms with Crippen LogP contribution in [0, 0.1) is 6.92 Å². The van der Waals surface area contributed by atoms with Crippen LogP contribution in [0.4, 0.5) is 11.6 Å². The second-order valence-corrected chi connectivity index (χ2v) is 3.93. The maximum absolute atomic E-state index is 12.2. The molecule has 0 bridgehead atoms. The van der Waals surface area contributed by atoms with E-state index in [1.165, 1.54) is 0 Å². The number of anilines is 2. The lowest BCUT2D eigenvalue weighted by molar-refractivity contribution is 0.0979. The Kier molecular flexibility index (Phi) is 3.27. The molecule has 6 heteroatoms. The van der Waals surface area contributed by atoms with Crippen molar-refractivity contribution in [3.05, 3.63) is 35.7 Å². The Labute approximate surface area is 105 Å². The van der Waals surface area contributed by atoms with Crippen molar-refractivity contribution in [1.82, 2.24) is 15.2 Å². The number of H-pyrrole nitrogens is 1. The number of rotatable bonds is 3. The Morgan fingerprint density at radius 3 is 2.56 bits per heavy atom. The lowest BCUT2D eigenvalue weighted by atomic mass is 10.2. The summed E-state index contributed by atoms with van der Waals surface area (Å²) in [6.07, 6.45) is 0. The van der Waals surface area contributed by atoms with Gasteiger partial charge in [-0.25, -0.2) is 0 Å². The first kappa shape index (κ1) is 12.1. The normalized spacial score (nSPS) is 10.3. The molecule has 18 heavy (non-hydrogen) atoms. The molecule has 2 aromatic rings. The predicted molar refractivity (Wildman–Crippen MR) is 69.3 cm³/mol. The number of aromatic amines is 1. The fourth-order valence-electron chi connectivity index (χ4n) is 1.67. The zero-order valence-corrected chi connectivity index (χ0v) is 10.3. The molecule has 2 rings (SSSR count). The van der Waals surface area contributed by atoms with Crippen LogP contribution in [-0.4, -0.2) is 27.6 Å². The van der Waals surface area contributed by atoms with Crippen LogP contribution in [-0.2, 0) is 0 Å². The molecule has 3 N–H and O–H groups in total. The number of hydrogen-bond acceptors (Lipinski definition) is 4. The van der Waals surface area contributed by atoms with Crippen LogP contribution in [0.5, 0.6) is 0 Å². The van der Waals surface area contributed by atoms with Gasteiger partial charge in [0, 0.05) is 12.2 Å². The molecule has 0 radical (unpaired) electrons. The van der Waals surface area contributed by atoms with Crippen molar-refractivity contribution < 1.29 is 4.79 Å². The quantitative estimate of drug-likeness (QED) is 0.854. The average molecular weight is 245 g/mol. The fourth-order valence-corrected chi connectivity index (χ4v) is 1.67. The van der Waals surface area contributed by atoms with Crippen molar-refractivity contribution in [2.75, 3.05) is 17.2 Å². The lowest BCUT2D eigenvalue weighted by Crippen LogP contribution is -2.31. The molecule has 0 saturated heterocycles. The molecule has 1 amide bonds. The van der Waals surface area contributed by atoms with Crippen molar-refractivity contribution in [1.29, 1.82) is 0 Å². The number of benzene rings is 1. The highest BCUT2D eigenvalue weighted by atomic mass is 16.2. The molecule has 0 aliphatic heterocycles. The third-order valence-electron chi connectivity index (χ3n) is 2.61. The summed E-state index contributed by atoms with van der Waals surface area (Å²) < 4.78 is 0. The maximum Gasteiger partial charge on any atom is 0.295 e. The van der Waals surface area contributed by atoms with Crippen molar-refractivity contribution in [3.8, 4) is 0 Å². The monoisotopic (exact) mass is 245 g/mol. The van der Waals surface area contributed by atoms with Crippen LogP contribution in [0.3, 0.4) is 0 Å². The minimum atomic E-state index is -0.245. The third kappa shape index (κ3) is 2.32. The zero-order valence-electron chi connectivity index (χ0n) is 10.3. The van der Waals surface area contributed by atoms with Gasteiger partial charge in [-0.3, -0.25) is 9.89 Å². The summed E-state index contributed by atoms with van der Waals surface area (Å²) in [5.41, 5.74) is 7.36. The summed E-state index contributed by atoms with van der Waals surface area (Å²) in [5, 5.41) is 6.18. The second kappa shape index (κ2) is 4.87. The number of aromatic nitrogens is 3. The van der Waals surface area contributed by atoms with Gasteiger partial charge in [0.2, 0.25) is 11.8 Å². The number of nitrogen functional groups attached to an aromatic ring is 1. The van der Waals surface area contributed by atoms with E-state index in [1.807, 2.05) is 38.1 Å². The molecule has 1 aromatic heterocycles. The van der Waals surface area contributed by atoms with Crippen LogP contribution in [0.2, 0.25) is 0 Å². The molecular formula is C12H15N5O. The van der Waals surface area contributed by atoms with Gasteiger partial charge in [-0.2, -0.15) is 4.98 Å². The van der Waals surface area contributed by atoms with Crippen LogP contribution < -0.4 is 10.6 Å². The Hall–Kier alpha value is -2.37. The zero-order chi connectivity index (χ0) is 13.1. The van der Waals surface area contributed by atoms with Crippen LogP contribution in [0.25, 0.3) is 0 Å². The summed E-state index contributed by atoms with van der Waals surface area (Å²) in [4.78, 5) is 17.7. The molecule has 0 spiro atoms. The first-order valence-corrected chi connectivity index (χ1v) is 5.68. The van der Waals surface area contributed by atoms with Gasteiger partial charge in [-0.1, -0.05) is 17.7 Å². The smallest absolute Gasteiger partial charge is 0.295 e. The molecule has 0 aliphatic carbocycles. The molecule has 0 aliphatic rings. The van der Waals surface area contributed by atoms with Crippen LogP contribution in [0.1, 0.15) is 23.1 Å². The molecule has 0 atom stereocenters. The van der Waals surface area contributed by atoms with Gasteiger partial charge in [-0.15, -0.1) is 5.10 Å². The van der Waals surface area contributed by atoms with E-state index in [0.29, 0.717) is 6.54 Å². The molecule has 0 unspecified atom stereocenters.